The van der Waals surface area contributed by atoms with Crippen LogP contribution >= 0.6 is 11.3 Å². The maximum absolute atomic E-state index is 4.62. The summed E-state index contributed by atoms with van der Waals surface area (Å²) in [6.45, 7) is 4.96. The summed E-state index contributed by atoms with van der Waals surface area (Å²) in [5.41, 5.74) is 4.61. The minimum atomic E-state index is 0.777. The summed E-state index contributed by atoms with van der Waals surface area (Å²) in [4.78, 5) is 10.2. The van der Waals surface area contributed by atoms with E-state index in [2.05, 4.69) is 64.0 Å². The minimum Gasteiger partial charge on any atom is -0.379 e. The molecule has 5 heteroatoms. The first kappa shape index (κ1) is 12.5. The molecule has 4 rings (SSSR count). The molecule has 0 unspecified atom stereocenters. The van der Waals surface area contributed by atoms with Gasteiger partial charge >= 0.3 is 0 Å². The van der Waals surface area contributed by atoms with Gasteiger partial charge in [-0.2, -0.15) is 0 Å². The molecule has 2 N–H and O–H groups in total. The van der Waals surface area contributed by atoms with E-state index in [1.165, 1.54) is 16.0 Å². The number of aryl methyl sites for hydroxylation is 2. The summed E-state index contributed by atoms with van der Waals surface area (Å²) in [6.07, 6.45) is 4.12. The van der Waals surface area contributed by atoms with Gasteiger partial charge in [0.25, 0.3) is 0 Å². The van der Waals surface area contributed by atoms with Crippen molar-refractivity contribution in [3.8, 4) is 0 Å². The number of fused-ring (bicyclic) bond motifs is 2. The van der Waals surface area contributed by atoms with E-state index >= 15 is 0 Å². The average Bonchev–Trinajstić information content (AvgIpc) is 3.11. The van der Waals surface area contributed by atoms with Gasteiger partial charge in [-0.1, -0.05) is 0 Å². The van der Waals surface area contributed by atoms with Crippen molar-refractivity contribution in [2.24, 2.45) is 0 Å². The Morgan fingerprint density at radius 1 is 1.29 bits per heavy atom. The third-order valence-corrected chi connectivity index (χ3v) is 4.65. The fourth-order valence-electron chi connectivity index (χ4n) is 2.67. The van der Waals surface area contributed by atoms with Crippen LogP contribution in [0.4, 0.5) is 5.69 Å². The van der Waals surface area contributed by atoms with Crippen LogP contribution in [0.1, 0.15) is 16.3 Å². The van der Waals surface area contributed by atoms with Crippen LogP contribution in [0, 0.1) is 13.8 Å². The zero-order valence-electron chi connectivity index (χ0n) is 12.0. The molecule has 0 aliphatic heterocycles. The lowest BCUT2D eigenvalue weighted by atomic mass is 10.2. The number of imidazole rings is 1. The summed E-state index contributed by atoms with van der Waals surface area (Å²) >= 11 is 1.73. The molecule has 0 aliphatic rings. The van der Waals surface area contributed by atoms with Crippen LogP contribution < -0.4 is 5.32 Å². The zero-order chi connectivity index (χ0) is 14.4. The third-order valence-electron chi connectivity index (χ3n) is 3.75. The van der Waals surface area contributed by atoms with Crippen LogP contribution in [-0.2, 0) is 6.54 Å². The Kier molecular flexibility index (Phi) is 2.75. The molecule has 0 spiro atoms. The van der Waals surface area contributed by atoms with Crippen LogP contribution in [0.25, 0.3) is 15.9 Å². The zero-order valence-corrected chi connectivity index (χ0v) is 12.8. The number of nitrogens with one attached hydrogen (secondary N) is 2. The number of rotatable bonds is 3. The van der Waals surface area contributed by atoms with E-state index in [0.29, 0.717) is 0 Å². The second-order valence-electron chi connectivity index (χ2n) is 5.27. The topological polar surface area (TPSA) is 45.1 Å². The van der Waals surface area contributed by atoms with Crippen molar-refractivity contribution in [3.63, 3.8) is 0 Å². The van der Waals surface area contributed by atoms with Gasteiger partial charge in [0.05, 0.1) is 17.9 Å². The fourth-order valence-corrected chi connectivity index (χ4v) is 3.56. The Morgan fingerprint density at radius 2 is 2.19 bits per heavy atom. The van der Waals surface area contributed by atoms with Crippen LogP contribution in [0.3, 0.4) is 0 Å². The molecular weight excluding hydrogens is 280 g/mol. The maximum Gasteiger partial charge on any atom is 0.194 e. The Hall–Kier alpha value is -2.27. The van der Waals surface area contributed by atoms with E-state index in [4.69, 9.17) is 0 Å². The van der Waals surface area contributed by atoms with Gasteiger partial charge in [0.2, 0.25) is 0 Å². The summed E-state index contributed by atoms with van der Waals surface area (Å²) in [6, 6.07) is 8.46. The molecule has 0 aliphatic carbocycles. The van der Waals surface area contributed by atoms with Gasteiger partial charge in [0.15, 0.2) is 4.96 Å². The quantitative estimate of drug-likeness (QED) is 0.597. The second kappa shape index (κ2) is 4.63. The van der Waals surface area contributed by atoms with Crippen molar-refractivity contribution in [2.75, 3.05) is 5.32 Å². The molecule has 4 nitrogen and oxygen atoms in total. The Bertz CT molecular complexity index is 928. The number of benzene rings is 1. The number of hydrogen-bond donors (Lipinski definition) is 2. The molecule has 0 fully saturated rings. The van der Waals surface area contributed by atoms with Crippen LogP contribution in [0.5, 0.6) is 0 Å². The van der Waals surface area contributed by atoms with Crippen LogP contribution in [0.2, 0.25) is 0 Å². The lowest BCUT2D eigenvalue weighted by Crippen LogP contribution is -2.03. The molecule has 0 saturated heterocycles. The number of thiazole rings is 1. The Balaban J connectivity index is 1.63. The van der Waals surface area contributed by atoms with Gasteiger partial charge < -0.3 is 10.3 Å². The minimum absolute atomic E-state index is 0.777. The van der Waals surface area contributed by atoms with E-state index in [1.54, 1.807) is 11.3 Å². The highest BCUT2D eigenvalue weighted by atomic mass is 32.1. The summed E-state index contributed by atoms with van der Waals surface area (Å²) in [7, 11) is 0. The van der Waals surface area contributed by atoms with E-state index in [9.17, 15) is 0 Å². The molecular formula is C16H16N4S. The SMILES string of the molecule is Cc1cn2c(CNc3ccc4[nH]ccc4c3)c(C)nc2s1. The summed E-state index contributed by atoms with van der Waals surface area (Å²) < 4.78 is 2.19. The van der Waals surface area contributed by atoms with Gasteiger partial charge in [0, 0.05) is 33.9 Å². The van der Waals surface area contributed by atoms with Crippen molar-refractivity contribution in [3.05, 3.63) is 52.9 Å². The number of aromatic amines is 1. The molecule has 0 bridgehead atoms. The first-order valence-corrected chi connectivity index (χ1v) is 7.77. The predicted octanol–water partition coefficient (Wildman–Crippen LogP) is 4.11. The molecule has 0 amide bonds. The lowest BCUT2D eigenvalue weighted by molar-refractivity contribution is 0.992. The molecule has 1 aromatic carbocycles. The van der Waals surface area contributed by atoms with Gasteiger partial charge in [-0.15, -0.1) is 11.3 Å². The second-order valence-corrected chi connectivity index (χ2v) is 6.48. The van der Waals surface area contributed by atoms with Gasteiger partial charge in [-0.25, -0.2) is 4.98 Å². The molecule has 4 aromatic rings. The third kappa shape index (κ3) is 2.10. The monoisotopic (exact) mass is 296 g/mol. The molecule has 21 heavy (non-hydrogen) atoms. The Morgan fingerprint density at radius 3 is 3.10 bits per heavy atom. The number of anilines is 1. The molecule has 0 saturated carbocycles. The van der Waals surface area contributed by atoms with E-state index in [1.807, 2.05) is 6.20 Å². The highest BCUT2D eigenvalue weighted by Crippen LogP contribution is 2.22. The van der Waals surface area contributed by atoms with Gasteiger partial charge in [-0.3, -0.25) is 4.40 Å². The molecule has 0 atom stereocenters. The number of hydrogen-bond acceptors (Lipinski definition) is 3. The predicted molar refractivity (Wildman–Crippen MR) is 88.2 cm³/mol. The van der Waals surface area contributed by atoms with Gasteiger partial charge in [0.1, 0.15) is 0 Å². The normalized spacial score (nSPS) is 11.5. The summed E-state index contributed by atoms with van der Waals surface area (Å²) in [5, 5.41) is 4.72. The maximum atomic E-state index is 4.62. The van der Waals surface area contributed by atoms with Crippen molar-refractivity contribution < 1.29 is 0 Å². The number of aromatic nitrogens is 3. The largest absolute Gasteiger partial charge is 0.379 e. The highest BCUT2D eigenvalue weighted by Gasteiger charge is 2.10. The fraction of sp³-hybridized carbons (Fsp3) is 0.188. The van der Waals surface area contributed by atoms with Crippen LogP contribution in [0.15, 0.2) is 36.7 Å². The molecule has 0 radical (unpaired) electrons. The van der Waals surface area contributed by atoms with Crippen molar-refractivity contribution >= 4 is 32.9 Å². The van der Waals surface area contributed by atoms with Crippen LogP contribution in [-0.4, -0.2) is 14.4 Å². The number of H-pyrrole nitrogens is 1. The van der Waals surface area contributed by atoms with Crippen molar-refractivity contribution in [1.29, 1.82) is 0 Å². The van der Waals surface area contributed by atoms with E-state index < -0.39 is 0 Å². The van der Waals surface area contributed by atoms with E-state index in [0.717, 1.165) is 28.4 Å². The van der Waals surface area contributed by atoms with E-state index in [-0.39, 0.29) is 0 Å². The molecule has 3 aromatic heterocycles. The van der Waals surface area contributed by atoms with Crippen molar-refractivity contribution in [1.82, 2.24) is 14.4 Å². The smallest absolute Gasteiger partial charge is 0.194 e. The first-order chi connectivity index (χ1) is 10.2. The average molecular weight is 296 g/mol. The lowest BCUT2D eigenvalue weighted by Gasteiger charge is -2.07. The molecule has 3 heterocycles. The Labute approximate surface area is 126 Å². The first-order valence-electron chi connectivity index (χ1n) is 6.96. The highest BCUT2D eigenvalue weighted by molar-refractivity contribution is 7.17. The van der Waals surface area contributed by atoms with Gasteiger partial charge in [-0.05, 0) is 38.1 Å². The standard InChI is InChI=1S/C16H16N4S/c1-10-9-20-15(11(2)19-16(20)21-10)8-18-13-3-4-14-12(7-13)5-6-17-14/h3-7,9,17-18H,8H2,1-2H3. The molecule has 106 valence electrons. The van der Waals surface area contributed by atoms with Crippen molar-refractivity contribution in [2.45, 2.75) is 20.4 Å². The number of nitrogens with zero attached hydrogens (tertiary/aromatic N) is 2. The summed E-state index contributed by atoms with van der Waals surface area (Å²) in [5.74, 6) is 0.